The molecule has 0 radical (unpaired) electrons. The van der Waals surface area contributed by atoms with Gasteiger partial charge in [0.2, 0.25) is 5.91 Å². The molecule has 1 aliphatic rings. The summed E-state index contributed by atoms with van der Waals surface area (Å²) in [5.41, 5.74) is 6.20. The maximum atomic E-state index is 11.7. The summed E-state index contributed by atoms with van der Waals surface area (Å²) in [4.78, 5) is 13.8. The summed E-state index contributed by atoms with van der Waals surface area (Å²) in [6.07, 6.45) is 3.45. The minimum absolute atomic E-state index is 0.0196. The molecule has 2 unspecified atom stereocenters. The van der Waals surface area contributed by atoms with Gasteiger partial charge in [0.25, 0.3) is 0 Å². The number of carbonyl (C=O) groups excluding carboxylic acids is 1. The molecule has 2 rings (SSSR count). The molecule has 0 spiro atoms. The molecule has 18 heavy (non-hydrogen) atoms. The fourth-order valence-corrected chi connectivity index (χ4v) is 2.41. The van der Waals surface area contributed by atoms with Gasteiger partial charge in [-0.1, -0.05) is 6.92 Å². The highest BCUT2D eigenvalue weighted by molar-refractivity contribution is 5.78. The van der Waals surface area contributed by atoms with Gasteiger partial charge >= 0.3 is 0 Å². The molecule has 0 aromatic carbocycles. The minimum Gasteiger partial charge on any atom is -0.468 e. The Labute approximate surface area is 107 Å². The molecule has 1 fully saturated rings. The maximum absolute atomic E-state index is 11.7. The smallest absolute Gasteiger partial charge is 0.234 e. The Balaban J connectivity index is 2.19. The fraction of sp³-hybridized carbons (Fsp3) is 0.615. The highest BCUT2D eigenvalue weighted by Gasteiger charge is 2.30. The average molecular weight is 251 g/mol. The van der Waals surface area contributed by atoms with Gasteiger partial charge in [-0.05, 0) is 25.0 Å². The van der Waals surface area contributed by atoms with Gasteiger partial charge in [-0.3, -0.25) is 9.69 Å². The lowest BCUT2D eigenvalue weighted by Gasteiger charge is -2.32. The van der Waals surface area contributed by atoms with Crippen molar-refractivity contribution in [3.05, 3.63) is 24.2 Å². The Bertz CT molecular complexity index is 378. The van der Waals surface area contributed by atoms with Crippen LogP contribution in [-0.4, -0.2) is 36.5 Å². The number of nitrogens with two attached hydrogens (primary N) is 1. The summed E-state index contributed by atoms with van der Waals surface area (Å²) < 4.78 is 5.49. The van der Waals surface area contributed by atoms with E-state index in [1.807, 2.05) is 12.1 Å². The first-order chi connectivity index (χ1) is 8.72. The Hall–Kier alpha value is -1.33. The molecule has 5 nitrogen and oxygen atoms in total. The number of hydrogen-bond acceptors (Lipinski definition) is 4. The standard InChI is InChI=1S/C13H21N3O2/c1-2-10(14)13(11-5-3-8-18-11)16-7-4-6-15-12(17)9-16/h3,5,8,10,13H,2,4,6-7,9,14H2,1H3,(H,15,17). The molecule has 2 atom stereocenters. The van der Waals surface area contributed by atoms with Gasteiger partial charge in [0.05, 0.1) is 18.8 Å². The maximum Gasteiger partial charge on any atom is 0.234 e. The van der Waals surface area contributed by atoms with E-state index in [4.69, 9.17) is 10.2 Å². The molecule has 1 amide bonds. The van der Waals surface area contributed by atoms with Crippen LogP contribution in [0.3, 0.4) is 0 Å². The largest absolute Gasteiger partial charge is 0.468 e. The van der Waals surface area contributed by atoms with E-state index in [-0.39, 0.29) is 18.0 Å². The van der Waals surface area contributed by atoms with Crippen molar-refractivity contribution in [2.75, 3.05) is 19.6 Å². The summed E-state index contributed by atoms with van der Waals surface area (Å²) in [5.74, 6) is 0.909. The molecule has 0 saturated carbocycles. The van der Waals surface area contributed by atoms with E-state index in [9.17, 15) is 4.79 Å². The summed E-state index contributed by atoms with van der Waals surface area (Å²) >= 11 is 0. The van der Waals surface area contributed by atoms with Crippen molar-refractivity contribution in [2.45, 2.75) is 31.8 Å². The van der Waals surface area contributed by atoms with Gasteiger partial charge in [-0.25, -0.2) is 0 Å². The predicted molar refractivity (Wildman–Crippen MR) is 68.9 cm³/mol. The predicted octanol–water partition coefficient (Wildman–Crippen LogP) is 0.880. The first-order valence-electron chi connectivity index (χ1n) is 6.52. The molecule has 5 heteroatoms. The van der Waals surface area contributed by atoms with Crippen LogP contribution in [0.1, 0.15) is 31.6 Å². The van der Waals surface area contributed by atoms with Crippen LogP contribution in [-0.2, 0) is 4.79 Å². The number of amides is 1. The van der Waals surface area contributed by atoms with Crippen LogP contribution in [0.2, 0.25) is 0 Å². The second-order valence-corrected chi connectivity index (χ2v) is 4.71. The van der Waals surface area contributed by atoms with Crippen LogP contribution in [0.15, 0.2) is 22.8 Å². The van der Waals surface area contributed by atoms with E-state index in [0.29, 0.717) is 6.54 Å². The van der Waals surface area contributed by atoms with Crippen molar-refractivity contribution in [2.24, 2.45) is 5.73 Å². The SMILES string of the molecule is CCC(N)C(c1ccco1)N1CCCNC(=O)C1. The minimum atomic E-state index is -0.0259. The van der Waals surface area contributed by atoms with E-state index >= 15 is 0 Å². The molecule has 0 bridgehead atoms. The summed E-state index contributed by atoms with van der Waals surface area (Å²) in [6.45, 7) is 4.04. The van der Waals surface area contributed by atoms with Crippen LogP contribution in [0.25, 0.3) is 0 Å². The summed E-state index contributed by atoms with van der Waals surface area (Å²) in [6, 6.07) is 3.75. The third-order valence-electron chi connectivity index (χ3n) is 3.40. The quantitative estimate of drug-likeness (QED) is 0.833. The van der Waals surface area contributed by atoms with Crippen LogP contribution in [0, 0.1) is 0 Å². The average Bonchev–Trinajstić information content (AvgIpc) is 2.79. The third kappa shape index (κ3) is 2.91. The number of carbonyl (C=O) groups is 1. The zero-order valence-corrected chi connectivity index (χ0v) is 10.8. The van der Waals surface area contributed by atoms with Gasteiger partial charge in [0.1, 0.15) is 5.76 Å². The molecular formula is C13H21N3O2. The Morgan fingerprint density at radius 3 is 3.11 bits per heavy atom. The normalized spacial score (nSPS) is 21.1. The second-order valence-electron chi connectivity index (χ2n) is 4.71. The molecule has 100 valence electrons. The Kier molecular flexibility index (Phi) is 4.38. The van der Waals surface area contributed by atoms with E-state index < -0.39 is 0 Å². The van der Waals surface area contributed by atoms with Crippen LogP contribution < -0.4 is 11.1 Å². The monoisotopic (exact) mass is 251 g/mol. The lowest BCUT2D eigenvalue weighted by molar-refractivity contribution is -0.122. The van der Waals surface area contributed by atoms with Crippen molar-refractivity contribution >= 4 is 5.91 Å². The summed E-state index contributed by atoms with van der Waals surface area (Å²) in [5, 5.41) is 2.88. The Morgan fingerprint density at radius 1 is 1.61 bits per heavy atom. The van der Waals surface area contributed by atoms with E-state index in [2.05, 4.69) is 17.1 Å². The van der Waals surface area contributed by atoms with E-state index in [1.54, 1.807) is 6.26 Å². The number of furan rings is 1. The molecule has 1 aromatic heterocycles. The zero-order chi connectivity index (χ0) is 13.0. The number of nitrogens with zero attached hydrogens (tertiary/aromatic N) is 1. The second kappa shape index (κ2) is 6.02. The van der Waals surface area contributed by atoms with E-state index in [0.717, 1.165) is 31.7 Å². The van der Waals surface area contributed by atoms with Crippen LogP contribution >= 0.6 is 0 Å². The number of rotatable bonds is 4. The third-order valence-corrected chi connectivity index (χ3v) is 3.40. The van der Waals surface area contributed by atoms with Crippen molar-refractivity contribution < 1.29 is 9.21 Å². The molecule has 1 aromatic rings. The van der Waals surface area contributed by atoms with Gasteiger partial charge in [-0.2, -0.15) is 0 Å². The first-order valence-corrected chi connectivity index (χ1v) is 6.52. The van der Waals surface area contributed by atoms with Crippen molar-refractivity contribution in [1.29, 1.82) is 0 Å². The van der Waals surface area contributed by atoms with Crippen molar-refractivity contribution in [1.82, 2.24) is 10.2 Å². The number of nitrogens with one attached hydrogen (secondary N) is 1. The lowest BCUT2D eigenvalue weighted by atomic mass is 10.0. The van der Waals surface area contributed by atoms with Gasteiger partial charge in [-0.15, -0.1) is 0 Å². The zero-order valence-electron chi connectivity index (χ0n) is 10.8. The Morgan fingerprint density at radius 2 is 2.44 bits per heavy atom. The molecule has 0 aliphatic carbocycles. The molecular weight excluding hydrogens is 230 g/mol. The van der Waals surface area contributed by atoms with Crippen molar-refractivity contribution in [3.63, 3.8) is 0 Å². The molecule has 1 saturated heterocycles. The van der Waals surface area contributed by atoms with Crippen LogP contribution in [0.4, 0.5) is 0 Å². The first kappa shape index (κ1) is 13.1. The van der Waals surface area contributed by atoms with Gasteiger partial charge in [0, 0.05) is 19.1 Å². The number of hydrogen-bond donors (Lipinski definition) is 2. The van der Waals surface area contributed by atoms with Gasteiger partial charge in [0.15, 0.2) is 0 Å². The lowest BCUT2D eigenvalue weighted by Crippen LogP contribution is -2.43. The van der Waals surface area contributed by atoms with Crippen LogP contribution in [0.5, 0.6) is 0 Å². The summed E-state index contributed by atoms with van der Waals surface area (Å²) in [7, 11) is 0. The molecule has 2 heterocycles. The molecule has 3 N–H and O–H groups in total. The van der Waals surface area contributed by atoms with Gasteiger partial charge < -0.3 is 15.5 Å². The fourth-order valence-electron chi connectivity index (χ4n) is 2.41. The van der Waals surface area contributed by atoms with Crippen molar-refractivity contribution in [3.8, 4) is 0 Å². The topological polar surface area (TPSA) is 71.5 Å². The highest BCUT2D eigenvalue weighted by Crippen LogP contribution is 2.26. The molecule has 1 aliphatic heterocycles. The highest BCUT2D eigenvalue weighted by atomic mass is 16.3. The van der Waals surface area contributed by atoms with E-state index in [1.165, 1.54) is 0 Å².